The Bertz CT molecular complexity index is 561. The van der Waals surface area contributed by atoms with Gasteiger partial charge in [-0.3, -0.25) is 9.78 Å². The predicted octanol–water partition coefficient (Wildman–Crippen LogP) is 1.81. The highest BCUT2D eigenvalue weighted by Crippen LogP contribution is 2.19. The molecule has 0 aliphatic heterocycles. The molecule has 0 amide bonds. The highest BCUT2D eigenvalue weighted by molar-refractivity contribution is 5.67. The minimum Gasteiger partial charge on any atom is -0.481 e. The van der Waals surface area contributed by atoms with Crippen LogP contribution in [-0.2, 0) is 18.3 Å². The van der Waals surface area contributed by atoms with Crippen LogP contribution in [0.2, 0.25) is 0 Å². The normalized spacial score (nSPS) is 10.6. The van der Waals surface area contributed by atoms with Gasteiger partial charge in [0, 0.05) is 25.4 Å². The number of carbonyl (C=O) groups is 1. The quantitative estimate of drug-likeness (QED) is 0.892. The van der Waals surface area contributed by atoms with E-state index in [1.54, 1.807) is 6.20 Å². The molecule has 5 heteroatoms. The molecule has 0 bridgehead atoms. The molecule has 0 unspecified atom stereocenters. The van der Waals surface area contributed by atoms with Crippen molar-refractivity contribution in [2.45, 2.75) is 19.8 Å². The minimum atomic E-state index is -0.806. The molecule has 18 heavy (non-hydrogen) atoms. The maximum atomic E-state index is 10.6. The Morgan fingerprint density at radius 3 is 2.83 bits per heavy atom. The van der Waals surface area contributed by atoms with Crippen LogP contribution < -0.4 is 0 Å². The molecular weight excluding hydrogens is 230 g/mol. The zero-order valence-electron chi connectivity index (χ0n) is 10.4. The lowest BCUT2D eigenvalue weighted by Crippen LogP contribution is -1.99. The van der Waals surface area contributed by atoms with Crippen LogP contribution >= 0.6 is 0 Å². The summed E-state index contributed by atoms with van der Waals surface area (Å²) in [7, 11) is 1.91. The predicted molar refractivity (Wildman–Crippen MR) is 67.1 cm³/mol. The van der Waals surface area contributed by atoms with Crippen LogP contribution in [0.25, 0.3) is 11.5 Å². The smallest absolute Gasteiger partial charge is 0.303 e. The summed E-state index contributed by atoms with van der Waals surface area (Å²) < 4.78 is 1.94. The summed E-state index contributed by atoms with van der Waals surface area (Å²) in [5.74, 6) is -0.0343. The number of aromatic nitrogens is 3. The Morgan fingerprint density at radius 2 is 2.22 bits per heavy atom. The fourth-order valence-electron chi connectivity index (χ4n) is 1.82. The summed E-state index contributed by atoms with van der Waals surface area (Å²) in [5, 5.41) is 8.71. The van der Waals surface area contributed by atoms with Gasteiger partial charge in [0.2, 0.25) is 0 Å². The number of hydrogen-bond donors (Lipinski definition) is 1. The summed E-state index contributed by atoms with van der Waals surface area (Å²) >= 11 is 0. The second-order valence-electron chi connectivity index (χ2n) is 4.14. The number of nitrogens with zero attached hydrogens (tertiary/aromatic N) is 3. The topological polar surface area (TPSA) is 68.0 Å². The third-order valence-corrected chi connectivity index (χ3v) is 2.95. The lowest BCUT2D eigenvalue weighted by molar-refractivity contribution is -0.136. The number of carboxylic acids is 1. The fraction of sp³-hybridized carbons (Fsp3) is 0.308. The Balaban J connectivity index is 2.33. The van der Waals surface area contributed by atoms with E-state index < -0.39 is 5.97 Å². The second-order valence-corrected chi connectivity index (χ2v) is 4.14. The van der Waals surface area contributed by atoms with Gasteiger partial charge in [-0.2, -0.15) is 0 Å². The van der Waals surface area contributed by atoms with Gasteiger partial charge in [0.1, 0.15) is 5.69 Å². The van der Waals surface area contributed by atoms with Gasteiger partial charge in [-0.05, 0) is 19.1 Å². The average Bonchev–Trinajstić information content (AvgIpc) is 2.65. The van der Waals surface area contributed by atoms with E-state index in [1.807, 2.05) is 36.7 Å². The largest absolute Gasteiger partial charge is 0.481 e. The van der Waals surface area contributed by atoms with Crippen molar-refractivity contribution in [3.05, 3.63) is 35.8 Å². The molecule has 0 atom stereocenters. The first-order chi connectivity index (χ1) is 8.59. The summed E-state index contributed by atoms with van der Waals surface area (Å²) in [5.41, 5.74) is 2.60. The highest BCUT2D eigenvalue weighted by Gasteiger charge is 2.14. The van der Waals surface area contributed by atoms with Crippen LogP contribution in [0.5, 0.6) is 0 Å². The average molecular weight is 245 g/mol. The van der Waals surface area contributed by atoms with Gasteiger partial charge in [0.25, 0.3) is 0 Å². The number of imidazole rings is 1. The molecule has 0 aliphatic carbocycles. The van der Waals surface area contributed by atoms with Gasteiger partial charge in [-0.15, -0.1) is 0 Å². The molecule has 2 aromatic heterocycles. The molecule has 0 spiro atoms. The van der Waals surface area contributed by atoms with Crippen LogP contribution in [-0.4, -0.2) is 25.6 Å². The summed E-state index contributed by atoms with van der Waals surface area (Å²) in [6.45, 7) is 1.94. The van der Waals surface area contributed by atoms with E-state index in [4.69, 9.17) is 5.11 Å². The molecule has 0 fully saturated rings. The third-order valence-electron chi connectivity index (χ3n) is 2.95. The first kappa shape index (κ1) is 12.3. The summed E-state index contributed by atoms with van der Waals surface area (Å²) in [6, 6.07) is 5.65. The van der Waals surface area contributed by atoms with Crippen molar-refractivity contribution in [1.29, 1.82) is 0 Å². The summed E-state index contributed by atoms with van der Waals surface area (Å²) in [4.78, 5) is 19.3. The van der Waals surface area contributed by atoms with Gasteiger partial charge < -0.3 is 9.67 Å². The molecule has 5 nitrogen and oxygen atoms in total. The van der Waals surface area contributed by atoms with E-state index in [9.17, 15) is 4.79 Å². The number of hydrogen-bond acceptors (Lipinski definition) is 3. The second kappa shape index (κ2) is 5.00. The molecule has 2 aromatic rings. The first-order valence-electron chi connectivity index (χ1n) is 5.75. The zero-order valence-corrected chi connectivity index (χ0v) is 10.4. The van der Waals surface area contributed by atoms with Gasteiger partial charge in [0.05, 0.1) is 12.1 Å². The lowest BCUT2D eigenvalue weighted by atomic mass is 10.2. The molecule has 0 radical (unpaired) electrons. The number of pyridine rings is 1. The van der Waals surface area contributed by atoms with Crippen molar-refractivity contribution in [3.63, 3.8) is 0 Å². The summed E-state index contributed by atoms with van der Waals surface area (Å²) in [6.07, 6.45) is 2.26. The maximum absolute atomic E-state index is 10.6. The molecular formula is C13H15N3O2. The van der Waals surface area contributed by atoms with Crippen molar-refractivity contribution in [1.82, 2.24) is 14.5 Å². The number of rotatable bonds is 4. The lowest BCUT2D eigenvalue weighted by Gasteiger charge is -2.01. The Labute approximate surface area is 105 Å². The van der Waals surface area contributed by atoms with Crippen LogP contribution in [0.3, 0.4) is 0 Å². The number of carboxylic acid groups (broad SMARTS) is 1. The van der Waals surface area contributed by atoms with Gasteiger partial charge in [0.15, 0.2) is 5.82 Å². The molecule has 0 aromatic carbocycles. The molecule has 2 heterocycles. The van der Waals surface area contributed by atoms with Crippen molar-refractivity contribution < 1.29 is 9.90 Å². The minimum absolute atomic E-state index is 0.0967. The van der Waals surface area contributed by atoms with E-state index in [1.165, 1.54) is 0 Å². The van der Waals surface area contributed by atoms with E-state index in [0.29, 0.717) is 6.42 Å². The molecule has 94 valence electrons. The SMILES string of the molecule is Cc1c(CCC(=O)O)nc(-c2ccccn2)n1C. The Hall–Kier alpha value is -2.17. The molecule has 0 saturated carbocycles. The van der Waals surface area contributed by atoms with E-state index >= 15 is 0 Å². The van der Waals surface area contributed by atoms with Crippen molar-refractivity contribution >= 4 is 5.97 Å². The van der Waals surface area contributed by atoms with E-state index in [2.05, 4.69) is 9.97 Å². The monoisotopic (exact) mass is 245 g/mol. The van der Waals surface area contributed by atoms with Crippen molar-refractivity contribution in [2.75, 3.05) is 0 Å². The van der Waals surface area contributed by atoms with Crippen LogP contribution in [0, 0.1) is 6.92 Å². The first-order valence-corrected chi connectivity index (χ1v) is 5.75. The van der Waals surface area contributed by atoms with Crippen molar-refractivity contribution in [2.24, 2.45) is 7.05 Å². The molecule has 1 N–H and O–H groups in total. The van der Waals surface area contributed by atoms with Gasteiger partial charge in [-0.1, -0.05) is 6.07 Å². The van der Waals surface area contributed by atoms with Crippen LogP contribution in [0.4, 0.5) is 0 Å². The van der Waals surface area contributed by atoms with Gasteiger partial charge >= 0.3 is 5.97 Å². The highest BCUT2D eigenvalue weighted by atomic mass is 16.4. The van der Waals surface area contributed by atoms with Crippen molar-refractivity contribution in [3.8, 4) is 11.5 Å². The maximum Gasteiger partial charge on any atom is 0.303 e. The van der Waals surface area contributed by atoms with Crippen LogP contribution in [0.15, 0.2) is 24.4 Å². The standard InChI is InChI=1S/C13H15N3O2/c1-9-10(6-7-12(17)18)15-13(16(9)2)11-5-3-4-8-14-11/h3-5,8H,6-7H2,1-2H3,(H,17,18). The number of aliphatic carboxylic acids is 1. The zero-order chi connectivity index (χ0) is 13.1. The van der Waals surface area contributed by atoms with Crippen LogP contribution in [0.1, 0.15) is 17.8 Å². The number of aryl methyl sites for hydroxylation is 1. The fourth-order valence-corrected chi connectivity index (χ4v) is 1.82. The van der Waals surface area contributed by atoms with E-state index in [-0.39, 0.29) is 6.42 Å². The Morgan fingerprint density at radius 1 is 1.44 bits per heavy atom. The third kappa shape index (κ3) is 2.40. The Kier molecular flexibility index (Phi) is 3.41. The van der Waals surface area contributed by atoms with E-state index in [0.717, 1.165) is 22.9 Å². The van der Waals surface area contributed by atoms with Gasteiger partial charge in [-0.25, -0.2) is 4.98 Å². The molecule has 0 aliphatic rings. The molecule has 2 rings (SSSR count). The molecule has 0 saturated heterocycles.